The Morgan fingerprint density at radius 2 is 2.13 bits per heavy atom. The number of H-pyrrole nitrogens is 1. The van der Waals surface area contributed by atoms with Gasteiger partial charge in [-0.2, -0.15) is 0 Å². The Kier molecular flexibility index (Phi) is 4.55. The van der Waals surface area contributed by atoms with E-state index >= 15 is 0 Å². The number of rotatable bonds is 3. The van der Waals surface area contributed by atoms with Gasteiger partial charge in [-0.1, -0.05) is 19.8 Å². The number of aromatic amines is 1. The molecule has 2 heterocycles. The fourth-order valence-electron chi connectivity index (χ4n) is 3.62. The van der Waals surface area contributed by atoms with Crippen LogP contribution < -0.4 is 5.69 Å². The summed E-state index contributed by atoms with van der Waals surface area (Å²) in [6, 6.07) is 5.47. The molecule has 0 unspecified atom stereocenters. The number of likely N-dealkylation sites (tertiary alicyclic amines) is 1. The van der Waals surface area contributed by atoms with Gasteiger partial charge in [-0.15, -0.1) is 0 Å². The van der Waals surface area contributed by atoms with Gasteiger partial charge in [0, 0.05) is 25.7 Å². The van der Waals surface area contributed by atoms with Gasteiger partial charge >= 0.3 is 5.69 Å². The molecule has 1 fully saturated rings. The van der Waals surface area contributed by atoms with Crippen LogP contribution in [-0.2, 0) is 7.05 Å². The second-order valence-electron chi connectivity index (χ2n) is 6.60. The van der Waals surface area contributed by atoms with Crippen molar-refractivity contribution in [3.8, 4) is 0 Å². The largest absolute Gasteiger partial charge is 0.339 e. The fraction of sp³-hybridized carbons (Fsp3) is 0.556. The van der Waals surface area contributed by atoms with Crippen LogP contribution in [0.15, 0.2) is 23.0 Å². The smallest absolute Gasteiger partial charge is 0.326 e. The Bertz CT molecular complexity index is 759. The molecule has 5 nitrogen and oxygen atoms in total. The average Bonchev–Trinajstić information content (AvgIpc) is 2.72. The Balaban J connectivity index is 1.78. The molecule has 5 heteroatoms. The lowest BCUT2D eigenvalue weighted by atomic mass is 9.96. The number of hydrogen-bond acceptors (Lipinski definition) is 2. The van der Waals surface area contributed by atoms with Crippen LogP contribution in [0, 0.1) is 5.92 Å². The van der Waals surface area contributed by atoms with Gasteiger partial charge in [0.2, 0.25) is 0 Å². The molecule has 1 aliphatic rings. The first kappa shape index (κ1) is 15.8. The molecule has 2 aromatic rings. The van der Waals surface area contributed by atoms with Crippen molar-refractivity contribution in [2.45, 2.75) is 39.0 Å². The maximum absolute atomic E-state index is 12.8. The minimum absolute atomic E-state index is 0.0775. The van der Waals surface area contributed by atoms with E-state index in [0.29, 0.717) is 5.56 Å². The molecule has 23 heavy (non-hydrogen) atoms. The molecule has 1 atom stereocenters. The lowest BCUT2D eigenvalue weighted by Crippen LogP contribution is -2.32. The second-order valence-corrected chi connectivity index (χ2v) is 6.60. The first-order valence-electron chi connectivity index (χ1n) is 8.58. The van der Waals surface area contributed by atoms with Gasteiger partial charge in [0.15, 0.2) is 0 Å². The summed E-state index contributed by atoms with van der Waals surface area (Å²) in [7, 11) is 1.73. The number of carbonyl (C=O) groups is 1. The summed E-state index contributed by atoms with van der Waals surface area (Å²) in [5.74, 6) is 0.833. The van der Waals surface area contributed by atoms with E-state index in [1.54, 1.807) is 17.7 Å². The summed E-state index contributed by atoms with van der Waals surface area (Å²) < 4.78 is 1.56. The van der Waals surface area contributed by atoms with Crippen LogP contribution in [0.2, 0.25) is 0 Å². The highest BCUT2D eigenvalue weighted by Gasteiger charge is 2.21. The zero-order chi connectivity index (χ0) is 16.4. The summed E-state index contributed by atoms with van der Waals surface area (Å²) in [6.07, 6.45) is 5.89. The van der Waals surface area contributed by atoms with Crippen molar-refractivity contribution in [3.05, 3.63) is 34.2 Å². The molecule has 1 N–H and O–H groups in total. The predicted octanol–water partition coefficient (Wildman–Crippen LogP) is 2.91. The average molecular weight is 315 g/mol. The van der Waals surface area contributed by atoms with E-state index in [4.69, 9.17) is 0 Å². The number of fused-ring (bicyclic) bond motifs is 1. The Labute approximate surface area is 136 Å². The molecule has 1 amide bonds. The maximum atomic E-state index is 12.8. The van der Waals surface area contributed by atoms with Crippen molar-refractivity contribution in [1.29, 1.82) is 0 Å². The SMILES string of the molecule is CCC[C@H]1CCCN(C(=O)c2ccc3c(c2)[nH]c(=O)n3C)CC1. The highest BCUT2D eigenvalue weighted by atomic mass is 16.2. The van der Waals surface area contributed by atoms with E-state index in [2.05, 4.69) is 11.9 Å². The molecular formula is C18H25N3O2. The van der Waals surface area contributed by atoms with Gasteiger partial charge < -0.3 is 9.88 Å². The maximum Gasteiger partial charge on any atom is 0.326 e. The highest BCUT2D eigenvalue weighted by Crippen LogP contribution is 2.23. The summed E-state index contributed by atoms with van der Waals surface area (Å²) in [5.41, 5.74) is 2.06. The molecule has 1 aliphatic heterocycles. The fourth-order valence-corrected chi connectivity index (χ4v) is 3.62. The number of benzene rings is 1. The van der Waals surface area contributed by atoms with Gasteiger partial charge in [0.05, 0.1) is 11.0 Å². The molecule has 1 saturated heterocycles. The summed E-state index contributed by atoms with van der Waals surface area (Å²) >= 11 is 0. The van der Waals surface area contributed by atoms with E-state index in [-0.39, 0.29) is 11.6 Å². The summed E-state index contributed by atoms with van der Waals surface area (Å²) in [4.78, 5) is 29.2. The van der Waals surface area contributed by atoms with E-state index < -0.39 is 0 Å². The molecule has 3 rings (SSSR count). The molecule has 1 aromatic heterocycles. The molecule has 0 spiro atoms. The van der Waals surface area contributed by atoms with Crippen molar-refractivity contribution >= 4 is 16.9 Å². The number of aryl methyl sites for hydroxylation is 1. The monoisotopic (exact) mass is 315 g/mol. The number of carbonyl (C=O) groups excluding carboxylic acids is 1. The lowest BCUT2D eigenvalue weighted by Gasteiger charge is -2.20. The first-order chi connectivity index (χ1) is 11.1. The van der Waals surface area contributed by atoms with Gasteiger partial charge in [-0.3, -0.25) is 9.36 Å². The molecule has 0 bridgehead atoms. The van der Waals surface area contributed by atoms with Crippen LogP contribution in [-0.4, -0.2) is 33.4 Å². The normalized spacial score (nSPS) is 19.0. The van der Waals surface area contributed by atoms with Gasteiger partial charge in [-0.05, 0) is 43.4 Å². The van der Waals surface area contributed by atoms with Crippen molar-refractivity contribution in [2.24, 2.45) is 13.0 Å². The molecule has 124 valence electrons. The van der Waals surface area contributed by atoms with Crippen LogP contribution in [0.25, 0.3) is 11.0 Å². The number of imidazole rings is 1. The van der Waals surface area contributed by atoms with Gasteiger partial charge in [-0.25, -0.2) is 4.79 Å². The minimum Gasteiger partial charge on any atom is -0.339 e. The van der Waals surface area contributed by atoms with Crippen molar-refractivity contribution < 1.29 is 4.79 Å². The molecular weight excluding hydrogens is 290 g/mol. The Morgan fingerprint density at radius 3 is 2.91 bits per heavy atom. The van der Waals surface area contributed by atoms with Crippen LogP contribution in [0.1, 0.15) is 49.4 Å². The molecule has 1 aromatic carbocycles. The molecule has 0 saturated carbocycles. The number of nitrogens with one attached hydrogen (secondary N) is 1. The third-order valence-corrected chi connectivity index (χ3v) is 4.98. The van der Waals surface area contributed by atoms with Crippen LogP contribution in [0.5, 0.6) is 0 Å². The third-order valence-electron chi connectivity index (χ3n) is 4.98. The number of nitrogens with zero attached hydrogens (tertiary/aromatic N) is 2. The Morgan fingerprint density at radius 1 is 1.30 bits per heavy atom. The Hall–Kier alpha value is -2.04. The van der Waals surface area contributed by atoms with Crippen molar-refractivity contribution in [3.63, 3.8) is 0 Å². The van der Waals surface area contributed by atoms with Crippen LogP contribution in [0.4, 0.5) is 0 Å². The predicted molar refractivity (Wildman–Crippen MR) is 91.7 cm³/mol. The van der Waals surface area contributed by atoms with Gasteiger partial charge in [0.25, 0.3) is 5.91 Å². The van der Waals surface area contributed by atoms with Crippen molar-refractivity contribution in [2.75, 3.05) is 13.1 Å². The quantitative estimate of drug-likeness (QED) is 0.947. The molecule has 0 radical (unpaired) electrons. The van der Waals surface area contributed by atoms with Crippen LogP contribution >= 0.6 is 0 Å². The van der Waals surface area contributed by atoms with E-state index in [1.165, 1.54) is 19.3 Å². The molecule has 0 aliphatic carbocycles. The number of aromatic nitrogens is 2. The van der Waals surface area contributed by atoms with Crippen LogP contribution in [0.3, 0.4) is 0 Å². The minimum atomic E-state index is -0.151. The zero-order valence-corrected chi connectivity index (χ0v) is 14.0. The van der Waals surface area contributed by atoms with E-state index in [0.717, 1.165) is 42.9 Å². The van der Waals surface area contributed by atoms with Crippen molar-refractivity contribution in [1.82, 2.24) is 14.5 Å². The summed E-state index contributed by atoms with van der Waals surface area (Å²) in [5, 5.41) is 0. The summed E-state index contributed by atoms with van der Waals surface area (Å²) in [6.45, 7) is 3.90. The number of amides is 1. The third kappa shape index (κ3) is 3.19. The van der Waals surface area contributed by atoms with E-state index in [9.17, 15) is 9.59 Å². The first-order valence-corrected chi connectivity index (χ1v) is 8.58. The zero-order valence-electron chi connectivity index (χ0n) is 14.0. The van der Waals surface area contributed by atoms with E-state index in [1.807, 2.05) is 17.0 Å². The lowest BCUT2D eigenvalue weighted by molar-refractivity contribution is 0.0760. The number of hydrogen-bond donors (Lipinski definition) is 1. The second kappa shape index (κ2) is 6.60. The highest BCUT2D eigenvalue weighted by molar-refractivity contribution is 5.97. The topological polar surface area (TPSA) is 58.1 Å². The van der Waals surface area contributed by atoms with Gasteiger partial charge in [0.1, 0.15) is 0 Å². The standard InChI is InChI=1S/C18H25N3O2/c1-3-5-13-6-4-10-21(11-9-13)17(22)14-7-8-16-15(12-14)19-18(23)20(16)2/h7-8,12-13H,3-6,9-11H2,1-2H3,(H,19,23)/t13-/m0/s1.